The smallest absolute Gasteiger partial charge is 0.123 e. The maximum Gasteiger partial charge on any atom is 0.123 e. The van der Waals surface area contributed by atoms with E-state index in [1.807, 2.05) is 38.1 Å². The number of benzene rings is 3. The van der Waals surface area contributed by atoms with Crippen LogP contribution in [-0.2, 0) is 21.5 Å². The van der Waals surface area contributed by atoms with Crippen molar-refractivity contribution in [3.05, 3.63) is 99.3 Å². The van der Waals surface area contributed by atoms with Gasteiger partial charge in [-0.15, -0.1) is 0 Å². The van der Waals surface area contributed by atoms with Gasteiger partial charge in [-0.25, -0.2) is 4.39 Å². The fraction of sp³-hybridized carbons (Fsp3) is 0.400. The van der Waals surface area contributed by atoms with E-state index in [-0.39, 0.29) is 18.5 Å². The van der Waals surface area contributed by atoms with Crippen LogP contribution in [0.2, 0.25) is 5.02 Å². The molecular weight excluding hydrogens is 527 g/mol. The molecule has 208 valence electrons. The fourth-order valence-electron chi connectivity index (χ4n) is 5.33. The maximum atomic E-state index is 13.9. The maximum absolute atomic E-state index is 13.9. The molecule has 0 radical (unpaired) electrons. The summed E-state index contributed by atoms with van der Waals surface area (Å²) in [4.78, 5) is 0. The molecule has 3 aromatic carbocycles. The molecule has 0 bridgehead atoms. The number of aliphatic hydroxyl groups is 4. The first kappa shape index (κ1) is 28.0. The van der Waals surface area contributed by atoms with Crippen LogP contribution in [0.3, 0.4) is 0 Å². The summed E-state index contributed by atoms with van der Waals surface area (Å²) in [6, 6.07) is 17.4. The average Bonchev–Trinajstić information content (AvgIpc) is 3.17. The predicted molar refractivity (Wildman–Crippen MR) is 142 cm³/mol. The third-order valence-corrected chi connectivity index (χ3v) is 7.82. The predicted octanol–water partition coefficient (Wildman–Crippen LogP) is 3.97. The minimum atomic E-state index is -1.46. The van der Waals surface area contributed by atoms with Gasteiger partial charge in [0, 0.05) is 5.02 Å². The molecule has 9 heteroatoms. The van der Waals surface area contributed by atoms with Crippen molar-refractivity contribution >= 4 is 11.6 Å². The Hall–Kier alpha value is -2.56. The summed E-state index contributed by atoms with van der Waals surface area (Å²) in [5.74, 6) is 0.338. The Kier molecular flexibility index (Phi) is 7.99. The van der Waals surface area contributed by atoms with E-state index in [1.165, 1.54) is 12.1 Å². The molecule has 3 aromatic rings. The Labute approximate surface area is 231 Å². The SMILES string of the molecule is CC1(C)OC(COc2ccc(Cc3cc([C@@H]4O[C@H](CO)[C@@H](O)[C@H](O)[C@H]4O)ccc3Cl)cc2)c2cc(F)ccc21. The number of fused-ring (bicyclic) bond motifs is 1. The highest BCUT2D eigenvalue weighted by Crippen LogP contribution is 2.43. The summed E-state index contributed by atoms with van der Waals surface area (Å²) in [5, 5.41) is 40.7. The van der Waals surface area contributed by atoms with Crippen LogP contribution >= 0.6 is 11.6 Å². The van der Waals surface area contributed by atoms with Crippen molar-refractivity contribution < 1.29 is 39.0 Å². The van der Waals surface area contributed by atoms with Crippen molar-refractivity contribution in [3.63, 3.8) is 0 Å². The highest BCUT2D eigenvalue weighted by atomic mass is 35.5. The first-order chi connectivity index (χ1) is 18.6. The quantitative estimate of drug-likeness (QED) is 0.347. The first-order valence-electron chi connectivity index (χ1n) is 12.9. The van der Waals surface area contributed by atoms with E-state index in [0.717, 1.165) is 22.3 Å². The van der Waals surface area contributed by atoms with Gasteiger partial charge in [0.05, 0.1) is 12.2 Å². The monoisotopic (exact) mass is 558 g/mol. The molecule has 1 fully saturated rings. The summed E-state index contributed by atoms with van der Waals surface area (Å²) in [6.45, 7) is 3.66. The molecular formula is C30H32ClFO7. The first-order valence-corrected chi connectivity index (χ1v) is 13.2. The zero-order chi connectivity index (χ0) is 27.9. The van der Waals surface area contributed by atoms with Gasteiger partial charge in [-0.3, -0.25) is 0 Å². The Morgan fingerprint density at radius 1 is 0.949 bits per heavy atom. The largest absolute Gasteiger partial charge is 0.491 e. The molecule has 1 saturated heterocycles. The Balaban J connectivity index is 1.26. The minimum absolute atomic E-state index is 0.242. The summed E-state index contributed by atoms with van der Waals surface area (Å²) >= 11 is 6.46. The van der Waals surface area contributed by atoms with Crippen molar-refractivity contribution in [2.24, 2.45) is 0 Å². The highest BCUT2D eigenvalue weighted by Gasteiger charge is 2.44. The lowest BCUT2D eigenvalue weighted by Gasteiger charge is -2.40. The van der Waals surface area contributed by atoms with Crippen molar-refractivity contribution in [3.8, 4) is 5.75 Å². The summed E-state index contributed by atoms with van der Waals surface area (Å²) in [7, 11) is 0. The van der Waals surface area contributed by atoms with Crippen molar-refractivity contribution in [2.45, 2.75) is 62.5 Å². The molecule has 4 N–H and O–H groups in total. The second-order valence-corrected chi connectivity index (χ2v) is 11.0. The van der Waals surface area contributed by atoms with Gasteiger partial charge in [-0.2, -0.15) is 0 Å². The molecule has 6 atom stereocenters. The normalized spacial score (nSPS) is 27.8. The number of aliphatic hydroxyl groups excluding tert-OH is 4. The minimum Gasteiger partial charge on any atom is -0.491 e. The molecule has 1 unspecified atom stereocenters. The molecule has 2 aliphatic heterocycles. The van der Waals surface area contributed by atoms with E-state index in [0.29, 0.717) is 22.8 Å². The zero-order valence-corrected chi connectivity index (χ0v) is 22.4. The molecule has 7 nitrogen and oxygen atoms in total. The lowest BCUT2D eigenvalue weighted by molar-refractivity contribution is -0.231. The zero-order valence-electron chi connectivity index (χ0n) is 21.6. The van der Waals surface area contributed by atoms with E-state index in [9.17, 15) is 24.8 Å². The number of ether oxygens (including phenoxy) is 3. The Morgan fingerprint density at radius 3 is 2.41 bits per heavy atom. The average molecular weight is 559 g/mol. The second kappa shape index (κ2) is 11.1. The van der Waals surface area contributed by atoms with Gasteiger partial charge in [-0.05, 0) is 78.4 Å². The van der Waals surface area contributed by atoms with E-state index >= 15 is 0 Å². The van der Waals surface area contributed by atoms with Gasteiger partial charge in [0.25, 0.3) is 0 Å². The molecule has 0 aromatic heterocycles. The Morgan fingerprint density at radius 2 is 1.69 bits per heavy atom. The van der Waals surface area contributed by atoms with Gasteiger partial charge in [0.15, 0.2) is 0 Å². The fourth-order valence-corrected chi connectivity index (χ4v) is 5.52. The lowest BCUT2D eigenvalue weighted by atomic mass is 9.90. The van der Waals surface area contributed by atoms with E-state index in [1.54, 1.807) is 24.3 Å². The van der Waals surface area contributed by atoms with E-state index in [2.05, 4.69) is 0 Å². The lowest BCUT2D eigenvalue weighted by Crippen LogP contribution is -2.55. The van der Waals surface area contributed by atoms with Gasteiger partial charge >= 0.3 is 0 Å². The van der Waals surface area contributed by atoms with Crippen LogP contribution in [-0.4, -0.2) is 58.1 Å². The third-order valence-electron chi connectivity index (χ3n) is 7.46. The second-order valence-electron chi connectivity index (χ2n) is 10.6. The molecule has 0 amide bonds. The van der Waals surface area contributed by atoms with Crippen LogP contribution in [0.4, 0.5) is 4.39 Å². The summed E-state index contributed by atoms with van der Waals surface area (Å²) in [5.41, 5.74) is 3.54. The number of hydrogen-bond acceptors (Lipinski definition) is 7. The highest BCUT2D eigenvalue weighted by molar-refractivity contribution is 6.31. The molecule has 0 aliphatic carbocycles. The standard InChI is InChI=1S/C30H32ClFO7/c1-30(2)22-9-6-19(32)13-21(22)25(39-30)15-37-20-7-3-16(4-8-20)11-18-12-17(5-10-23(18)31)29-28(36)27(35)26(34)24(14-33)38-29/h3-10,12-13,24-29,33-36H,11,14-15H2,1-2H3/t24-,25?,26-,27+,28-,29+/m1/s1. The van der Waals surface area contributed by atoms with Crippen LogP contribution in [0.5, 0.6) is 5.75 Å². The Bertz CT molecular complexity index is 1310. The topological polar surface area (TPSA) is 109 Å². The van der Waals surface area contributed by atoms with E-state index < -0.39 is 42.7 Å². The molecule has 0 saturated carbocycles. The van der Waals surface area contributed by atoms with Crippen LogP contribution in [0.1, 0.15) is 53.9 Å². The summed E-state index contributed by atoms with van der Waals surface area (Å²) < 4.78 is 31.7. The van der Waals surface area contributed by atoms with Crippen LogP contribution in [0, 0.1) is 5.82 Å². The number of halogens is 2. The van der Waals surface area contributed by atoms with Crippen LogP contribution in [0.25, 0.3) is 0 Å². The molecule has 0 spiro atoms. The van der Waals surface area contributed by atoms with Crippen molar-refractivity contribution in [1.29, 1.82) is 0 Å². The van der Waals surface area contributed by atoms with Gasteiger partial charge in [0.2, 0.25) is 0 Å². The molecule has 2 heterocycles. The molecule has 39 heavy (non-hydrogen) atoms. The molecule has 5 rings (SSSR count). The third kappa shape index (κ3) is 5.69. The summed E-state index contributed by atoms with van der Waals surface area (Å²) in [6.07, 6.45) is -6.07. The van der Waals surface area contributed by atoms with Crippen LogP contribution < -0.4 is 4.74 Å². The van der Waals surface area contributed by atoms with Crippen LogP contribution in [0.15, 0.2) is 60.7 Å². The van der Waals surface area contributed by atoms with Gasteiger partial charge < -0.3 is 34.6 Å². The van der Waals surface area contributed by atoms with E-state index in [4.69, 9.17) is 25.8 Å². The van der Waals surface area contributed by atoms with Gasteiger partial charge in [0.1, 0.15) is 54.8 Å². The number of hydrogen-bond donors (Lipinski definition) is 4. The van der Waals surface area contributed by atoms with Crippen molar-refractivity contribution in [2.75, 3.05) is 13.2 Å². The van der Waals surface area contributed by atoms with Gasteiger partial charge in [-0.1, -0.05) is 41.9 Å². The number of rotatable bonds is 7. The van der Waals surface area contributed by atoms with Crippen molar-refractivity contribution in [1.82, 2.24) is 0 Å². The molecule has 2 aliphatic rings.